The van der Waals surface area contributed by atoms with E-state index in [9.17, 15) is 13.2 Å². The minimum atomic E-state index is -3.70. The molecule has 9 heteroatoms. The van der Waals surface area contributed by atoms with Crippen LogP contribution in [0.4, 0.5) is 0 Å². The Balaban J connectivity index is 1.85. The van der Waals surface area contributed by atoms with Crippen molar-refractivity contribution in [3.05, 3.63) is 44.3 Å². The zero-order chi connectivity index (χ0) is 15.9. The number of H-pyrrole nitrogens is 1. The third-order valence-corrected chi connectivity index (χ3v) is 5.66. The van der Waals surface area contributed by atoms with Crippen LogP contribution in [-0.4, -0.2) is 18.4 Å². The number of thiazole rings is 1. The molecule has 0 amide bonds. The lowest BCUT2D eigenvalue weighted by atomic mass is 10.3. The molecule has 0 atom stereocenters. The number of aromatic nitrogens is 2. The molecule has 0 fully saturated rings. The van der Waals surface area contributed by atoms with Gasteiger partial charge in [-0.15, -0.1) is 11.3 Å². The van der Waals surface area contributed by atoms with Gasteiger partial charge in [-0.05, 0) is 26.0 Å². The van der Waals surface area contributed by atoms with Gasteiger partial charge in [0.2, 0.25) is 10.0 Å². The lowest BCUT2D eigenvalue weighted by molar-refractivity contribution is 0.553. The van der Waals surface area contributed by atoms with Crippen molar-refractivity contribution in [2.75, 3.05) is 0 Å². The molecule has 0 aliphatic carbocycles. The predicted molar refractivity (Wildman–Crippen MR) is 82.4 cm³/mol. The van der Waals surface area contributed by atoms with Gasteiger partial charge < -0.3 is 4.42 Å². The van der Waals surface area contributed by atoms with E-state index in [1.165, 1.54) is 29.5 Å². The maximum Gasteiger partial charge on any atom is 0.417 e. The third-order valence-electron chi connectivity index (χ3n) is 3.19. The van der Waals surface area contributed by atoms with Gasteiger partial charge in [-0.2, -0.15) is 0 Å². The summed E-state index contributed by atoms with van der Waals surface area (Å²) in [7, 11) is -3.70. The van der Waals surface area contributed by atoms with Crippen LogP contribution in [0.5, 0.6) is 0 Å². The lowest BCUT2D eigenvalue weighted by Crippen LogP contribution is -2.23. The fourth-order valence-corrected chi connectivity index (χ4v) is 3.92. The second-order valence-electron chi connectivity index (χ2n) is 4.75. The van der Waals surface area contributed by atoms with E-state index in [0.29, 0.717) is 10.5 Å². The molecule has 0 aliphatic rings. The van der Waals surface area contributed by atoms with Gasteiger partial charge in [-0.1, -0.05) is 0 Å². The molecule has 2 heterocycles. The number of hydrogen-bond acceptors (Lipinski definition) is 6. The normalized spacial score (nSPS) is 12.1. The Labute approximate surface area is 130 Å². The molecular weight excluding hydrogens is 326 g/mol. The summed E-state index contributed by atoms with van der Waals surface area (Å²) < 4.78 is 31.9. The fourth-order valence-electron chi connectivity index (χ4n) is 1.95. The topological polar surface area (TPSA) is 105 Å². The molecule has 0 saturated heterocycles. The Bertz CT molecular complexity index is 978. The molecule has 22 heavy (non-hydrogen) atoms. The van der Waals surface area contributed by atoms with Crippen LogP contribution in [-0.2, 0) is 16.6 Å². The molecular formula is C13H13N3O4S2. The second kappa shape index (κ2) is 5.34. The van der Waals surface area contributed by atoms with Crippen molar-refractivity contribution < 1.29 is 12.8 Å². The number of nitrogens with zero attached hydrogens (tertiary/aromatic N) is 1. The van der Waals surface area contributed by atoms with Gasteiger partial charge in [-0.3, -0.25) is 4.98 Å². The summed E-state index contributed by atoms with van der Waals surface area (Å²) in [6, 6.07) is 4.22. The van der Waals surface area contributed by atoms with E-state index in [1.807, 2.05) is 13.8 Å². The van der Waals surface area contributed by atoms with Crippen LogP contribution in [0.15, 0.2) is 32.3 Å². The first kappa shape index (κ1) is 14.9. The Morgan fingerprint density at radius 3 is 2.82 bits per heavy atom. The standard InChI is InChI=1S/C13H13N3O4S2/c1-7-8(2)21-12(15-7)6-14-22(18,19)9-3-4-10-11(5-9)20-13(17)16-10/h3-5,14H,6H2,1-2H3,(H,16,17). The smallest absolute Gasteiger partial charge is 0.408 e. The number of benzene rings is 1. The Morgan fingerprint density at radius 1 is 1.36 bits per heavy atom. The van der Waals surface area contributed by atoms with E-state index in [2.05, 4.69) is 14.7 Å². The molecule has 0 spiro atoms. The molecule has 2 N–H and O–H groups in total. The molecule has 3 aromatic rings. The van der Waals surface area contributed by atoms with Crippen molar-refractivity contribution in [3.63, 3.8) is 0 Å². The number of oxazole rings is 1. The number of rotatable bonds is 4. The van der Waals surface area contributed by atoms with E-state index in [-0.39, 0.29) is 17.0 Å². The Kier molecular flexibility index (Phi) is 3.63. The average molecular weight is 339 g/mol. The average Bonchev–Trinajstić information content (AvgIpc) is 2.98. The predicted octanol–water partition coefficient (Wildman–Crippen LogP) is 1.67. The molecule has 1 aromatic carbocycles. The fraction of sp³-hybridized carbons (Fsp3) is 0.231. The monoisotopic (exact) mass is 339 g/mol. The summed E-state index contributed by atoms with van der Waals surface area (Å²) in [5.41, 5.74) is 1.55. The quantitative estimate of drug-likeness (QED) is 0.752. The molecule has 3 rings (SSSR count). The number of nitrogens with one attached hydrogen (secondary N) is 2. The third kappa shape index (κ3) is 2.82. The van der Waals surface area contributed by atoms with Crippen molar-refractivity contribution in [2.45, 2.75) is 25.3 Å². The van der Waals surface area contributed by atoms with Crippen LogP contribution < -0.4 is 10.5 Å². The SMILES string of the molecule is Cc1nc(CNS(=O)(=O)c2ccc3[nH]c(=O)oc3c2)sc1C. The molecule has 0 aliphatic heterocycles. The van der Waals surface area contributed by atoms with Crippen LogP contribution in [0.25, 0.3) is 11.1 Å². The highest BCUT2D eigenvalue weighted by Crippen LogP contribution is 2.19. The molecule has 7 nitrogen and oxygen atoms in total. The van der Waals surface area contributed by atoms with Gasteiger partial charge in [0.25, 0.3) is 0 Å². The zero-order valence-corrected chi connectivity index (χ0v) is 13.5. The minimum Gasteiger partial charge on any atom is -0.408 e. The van der Waals surface area contributed by atoms with Gasteiger partial charge in [0.05, 0.1) is 22.7 Å². The van der Waals surface area contributed by atoms with Crippen LogP contribution in [0.1, 0.15) is 15.6 Å². The van der Waals surface area contributed by atoms with E-state index >= 15 is 0 Å². The van der Waals surface area contributed by atoms with Gasteiger partial charge in [0.1, 0.15) is 5.01 Å². The molecule has 0 bridgehead atoms. The minimum absolute atomic E-state index is 0.0350. The van der Waals surface area contributed by atoms with Gasteiger partial charge in [-0.25, -0.2) is 22.9 Å². The Morgan fingerprint density at radius 2 is 2.14 bits per heavy atom. The number of aromatic amines is 1. The molecule has 0 unspecified atom stereocenters. The highest BCUT2D eigenvalue weighted by Gasteiger charge is 2.16. The molecule has 2 aromatic heterocycles. The van der Waals surface area contributed by atoms with E-state index in [1.54, 1.807) is 0 Å². The summed E-state index contributed by atoms with van der Waals surface area (Å²) >= 11 is 1.45. The number of aryl methyl sites for hydroxylation is 2. The van der Waals surface area contributed by atoms with E-state index in [0.717, 1.165) is 10.6 Å². The van der Waals surface area contributed by atoms with Crippen molar-refractivity contribution >= 4 is 32.5 Å². The van der Waals surface area contributed by atoms with Crippen LogP contribution in [0.2, 0.25) is 0 Å². The highest BCUT2D eigenvalue weighted by molar-refractivity contribution is 7.89. The lowest BCUT2D eigenvalue weighted by Gasteiger charge is -2.04. The maximum atomic E-state index is 12.3. The zero-order valence-electron chi connectivity index (χ0n) is 11.8. The van der Waals surface area contributed by atoms with Gasteiger partial charge in [0, 0.05) is 10.9 Å². The van der Waals surface area contributed by atoms with Crippen molar-refractivity contribution in [3.8, 4) is 0 Å². The van der Waals surface area contributed by atoms with E-state index < -0.39 is 15.8 Å². The molecule has 116 valence electrons. The second-order valence-corrected chi connectivity index (χ2v) is 7.80. The van der Waals surface area contributed by atoms with Gasteiger partial charge in [0.15, 0.2) is 5.58 Å². The largest absolute Gasteiger partial charge is 0.417 e. The maximum absolute atomic E-state index is 12.3. The van der Waals surface area contributed by atoms with Crippen molar-refractivity contribution in [2.24, 2.45) is 0 Å². The summed E-state index contributed by atoms with van der Waals surface area (Å²) in [4.78, 5) is 18.9. The van der Waals surface area contributed by atoms with E-state index in [4.69, 9.17) is 4.42 Å². The van der Waals surface area contributed by atoms with Crippen LogP contribution in [0.3, 0.4) is 0 Å². The van der Waals surface area contributed by atoms with Crippen molar-refractivity contribution in [1.82, 2.24) is 14.7 Å². The first-order chi connectivity index (χ1) is 10.3. The summed E-state index contributed by atoms with van der Waals surface area (Å²) in [5, 5.41) is 0.702. The van der Waals surface area contributed by atoms with Crippen molar-refractivity contribution in [1.29, 1.82) is 0 Å². The number of sulfonamides is 1. The number of fused-ring (bicyclic) bond motifs is 1. The van der Waals surface area contributed by atoms with Crippen LogP contribution >= 0.6 is 11.3 Å². The first-order valence-electron chi connectivity index (χ1n) is 6.40. The van der Waals surface area contributed by atoms with Gasteiger partial charge >= 0.3 is 5.76 Å². The first-order valence-corrected chi connectivity index (χ1v) is 8.70. The summed E-state index contributed by atoms with van der Waals surface area (Å²) in [6.07, 6.45) is 0. The van der Waals surface area contributed by atoms with Crippen LogP contribution in [0, 0.1) is 13.8 Å². The summed E-state index contributed by atoms with van der Waals surface area (Å²) in [5.74, 6) is -0.619. The number of hydrogen-bond donors (Lipinski definition) is 2. The molecule has 0 radical (unpaired) electrons. The summed E-state index contributed by atoms with van der Waals surface area (Å²) in [6.45, 7) is 3.94. The highest BCUT2D eigenvalue weighted by atomic mass is 32.2. The molecule has 0 saturated carbocycles. The Hall–Kier alpha value is -1.97.